The van der Waals surface area contributed by atoms with Gasteiger partial charge >= 0.3 is 12.2 Å². The molecule has 1 saturated heterocycles. The number of rotatable bonds is 2. The van der Waals surface area contributed by atoms with Gasteiger partial charge in [-0.1, -0.05) is 19.8 Å². The highest BCUT2D eigenvalue weighted by molar-refractivity contribution is 5.75. The van der Waals surface area contributed by atoms with Crippen molar-refractivity contribution in [1.82, 2.24) is 15.2 Å². The normalized spacial score (nSPS) is 24.5. The lowest BCUT2D eigenvalue weighted by Gasteiger charge is -2.37. The average molecular weight is 370 g/mol. The molecule has 0 bridgehead atoms. The van der Waals surface area contributed by atoms with Crippen molar-refractivity contribution in [3.05, 3.63) is 23.9 Å². The molecule has 1 aliphatic carbocycles. The van der Waals surface area contributed by atoms with Gasteiger partial charge in [-0.05, 0) is 30.9 Å². The molecule has 0 unspecified atom stereocenters. The number of halogens is 3. The van der Waals surface area contributed by atoms with E-state index in [1.165, 1.54) is 12.5 Å². The monoisotopic (exact) mass is 370 g/mol. The van der Waals surface area contributed by atoms with Crippen LogP contribution in [0.4, 0.5) is 23.8 Å². The van der Waals surface area contributed by atoms with Crippen LogP contribution in [0.5, 0.6) is 0 Å². The van der Waals surface area contributed by atoms with Gasteiger partial charge in [0, 0.05) is 38.4 Å². The molecule has 0 radical (unpaired) electrons. The van der Waals surface area contributed by atoms with Gasteiger partial charge in [-0.25, -0.2) is 9.78 Å². The molecule has 0 spiro atoms. The lowest BCUT2D eigenvalue weighted by molar-refractivity contribution is -0.137. The number of nitrogens with zero attached hydrogens (tertiary/aromatic N) is 3. The number of aromatic nitrogens is 1. The third kappa shape index (κ3) is 4.40. The zero-order chi connectivity index (χ0) is 18.7. The molecule has 144 valence electrons. The first-order chi connectivity index (χ1) is 12.3. The Balaban J connectivity index is 1.51. The summed E-state index contributed by atoms with van der Waals surface area (Å²) in [5, 5.41) is 3.14. The number of amides is 2. The number of urea groups is 1. The highest BCUT2D eigenvalue weighted by atomic mass is 19.4. The Morgan fingerprint density at radius 1 is 1.15 bits per heavy atom. The van der Waals surface area contributed by atoms with E-state index < -0.39 is 11.7 Å². The Hall–Kier alpha value is -1.99. The van der Waals surface area contributed by atoms with Crippen LogP contribution in [0.15, 0.2) is 18.3 Å². The summed E-state index contributed by atoms with van der Waals surface area (Å²) in [7, 11) is 0. The van der Waals surface area contributed by atoms with Crippen LogP contribution < -0.4 is 10.2 Å². The molecule has 1 saturated carbocycles. The van der Waals surface area contributed by atoms with Crippen molar-refractivity contribution >= 4 is 11.8 Å². The fraction of sp³-hybridized carbons (Fsp3) is 0.667. The van der Waals surface area contributed by atoms with Gasteiger partial charge in [0.2, 0.25) is 0 Å². The second-order valence-electron chi connectivity index (χ2n) is 7.19. The minimum atomic E-state index is -4.38. The number of anilines is 1. The van der Waals surface area contributed by atoms with Crippen LogP contribution in [-0.2, 0) is 6.18 Å². The molecule has 26 heavy (non-hydrogen) atoms. The molecule has 3 rings (SSSR count). The van der Waals surface area contributed by atoms with Gasteiger partial charge in [0.15, 0.2) is 0 Å². The van der Waals surface area contributed by atoms with Crippen LogP contribution in [0, 0.1) is 5.92 Å². The van der Waals surface area contributed by atoms with Crippen LogP contribution in [0.3, 0.4) is 0 Å². The molecule has 2 amide bonds. The Morgan fingerprint density at radius 3 is 2.42 bits per heavy atom. The highest BCUT2D eigenvalue weighted by Crippen LogP contribution is 2.29. The number of piperazine rings is 1. The summed E-state index contributed by atoms with van der Waals surface area (Å²) in [4.78, 5) is 20.1. The van der Waals surface area contributed by atoms with Crippen molar-refractivity contribution in [3.8, 4) is 0 Å². The molecule has 2 aliphatic rings. The number of alkyl halides is 3. The van der Waals surface area contributed by atoms with Crippen molar-refractivity contribution in [2.75, 3.05) is 31.1 Å². The number of hydrogen-bond acceptors (Lipinski definition) is 3. The van der Waals surface area contributed by atoms with Crippen molar-refractivity contribution in [1.29, 1.82) is 0 Å². The zero-order valence-corrected chi connectivity index (χ0v) is 14.9. The van der Waals surface area contributed by atoms with Crippen molar-refractivity contribution in [3.63, 3.8) is 0 Å². The van der Waals surface area contributed by atoms with Gasteiger partial charge in [0.1, 0.15) is 5.82 Å². The summed E-state index contributed by atoms with van der Waals surface area (Å²) in [6.07, 6.45) is 1.05. The van der Waals surface area contributed by atoms with Crippen molar-refractivity contribution < 1.29 is 18.0 Å². The van der Waals surface area contributed by atoms with Gasteiger partial charge < -0.3 is 15.1 Å². The maximum Gasteiger partial charge on any atom is 0.417 e. The second kappa shape index (κ2) is 7.72. The largest absolute Gasteiger partial charge is 0.417 e. The van der Waals surface area contributed by atoms with Crippen LogP contribution in [0.25, 0.3) is 0 Å². The van der Waals surface area contributed by atoms with Gasteiger partial charge in [-0.15, -0.1) is 0 Å². The smallest absolute Gasteiger partial charge is 0.353 e. The minimum Gasteiger partial charge on any atom is -0.353 e. The summed E-state index contributed by atoms with van der Waals surface area (Å²) in [6.45, 7) is 4.38. The fourth-order valence-corrected chi connectivity index (χ4v) is 3.66. The molecule has 2 fully saturated rings. The maximum absolute atomic E-state index is 12.6. The molecule has 5 nitrogen and oxygen atoms in total. The van der Waals surface area contributed by atoms with E-state index in [-0.39, 0.29) is 12.1 Å². The molecular formula is C18H25F3N4O. The van der Waals surface area contributed by atoms with E-state index in [4.69, 9.17) is 0 Å². The van der Waals surface area contributed by atoms with Gasteiger partial charge in [-0.2, -0.15) is 13.2 Å². The predicted molar refractivity (Wildman–Crippen MR) is 93.0 cm³/mol. The van der Waals surface area contributed by atoms with Gasteiger partial charge in [0.25, 0.3) is 0 Å². The Morgan fingerprint density at radius 2 is 1.85 bits per heavy atom. The summed E-state index contributed by atoms with van der Waals surface area (Å²) in [5.74, 6) is 1.02. The number of carbonyl (C=O) groups excluding carboxylic acids is 1. The molecule has 1 N–H and O–H groups in total. The van der Waals surface area contributed by atoms with Crippen LogP contribution >= 0.6 is 0 Å². The quantitative estimate of drug-likeness (QED) is 0.867. The SMILES string of the molecule is C[C@@H]1CCCC[C@@H]1NC(=O)N1CCN(c2ccc(C(F)(F)F)cn2)CC1. The minimum absolute atomic E-state index is 0.0382. The highest BCUT2D eigenvalue weighted by Gasteiger charge is 2.31. The second-order valence-corrected chi connectivity index (χ2v) is 7.19. The maximum atomic E-state index is 12.6. The lowest BCUT2D eigenvalue weighted by atomic mass is 9.86. The van der Waals surface area contributed by atoms with E-state index in [1.807, 2.05) is 4.90 Å². The Labute approximate surface area is 151 Å². The average Bonchev–Trinajstić information content (AvgIpc) is 2.63. The molecule has 1 aliphatic heterocycles. The number of carbonyl (C=O) groups is 1. The molecular weight excluding hydrogens is 345 g/mol. The lowest BCUT2D eigenvalue weighted by Crippen LogP contribution is -2.54. The van der Waals surface area contributed by atoms with Crippen LogP contribution in [0.1, 0.15) is 38.2 Å². The van der Waals surface area contributed by atoms with E-state index in [0.717, 1.165) is 31.5 Å². The fourth-order valence-electron chi connectivity index (χ4n) is 3.66. The summed E-state index contributed by atoms with van der Waals surface area (Å²) < 4.78 is 37.9. The Bertz CT molecular complexity index is 612. The summed E-state index contributed by atoms with van der Waals surface area (Å²) in [6, 6.07) is 2.64. The number of hydrogen-bond donors (Lipinski definition) is 1. The first-order valence-corrected chi connectivity index (χ1v) is 9.18. The van der Waals surface area contributed by atoms with E-state index in [2.05, 4.69) is 17.2 Å². The van der Waals surface area contributed by atoms with E-state index in [1.54, 1.807) is 4.90 Å². The standard InChI is InChI=1S/C18H25F3N4O/c1-13-4-2-3-5-15(13)23-17(26)25-10-8-24(9-11-25)16-7-6-14(12-22-16)18(19,20)21/h6-7,12-13,15H,2-5,8-11H2,1H3,(H,23,26)/t13-,15+/m1/s1. The summed E-state index contributed by atoms with van der Waals surface area (Å²) in [5.41, 5.74) is -0.749. The van der Waals surface area contributed by atoms with Gasteiger partial charge in [-0.3, -0.25) is 0 Å². The molecule has 1 aromatic rings. The van der Waals surface area contributed by atoms with E-state index in [9.17, 15) is 18.0 Å². The van der Waals surface area contributed by atoms with Crippen LogP contribution in [0.2, 0.25) is 0 Å². The predicted octanol–water partition coefficient (Wildman–Crippen LogP) is 3.51. The molecule has 0 aromatic carbocycles. The topological polar surface area (TPSA) is 48.5 Å². The zero-order valence-electron chi connectivity index (χ0n) is 14.9. The number of nitrogens with one attached hydrogen (secondary N) is 1. The molecule has 2 atom stereocenters. The summed E-state index contributed by atoms with van der Waals surface area (Å²) >= 11 is 0. The first kappa shape index (κ1) is 18.8. The van der Waals surface area contributed by atoms with Crippen molar-refractivity contribution in [2.45, 2.75) is 44.8 Å². The Kier molecular flexibility index (Phi) is 5.58. The first-order valence-electron chi connectivity index (χ1n) is 9.18. The third-order valence-electron chi connectivity index (χ3n) is 5.39. The molecule has 8 heteroatoms. The van der Waals surface area contributed by atoms with E-state index >= 15 is 0 Å². The van der Waals surface area contributed by atoms with Crippen molar-refractivity contribution in [2.24, 2.45) is 5.92 Å². The molecule has 2 heterocycles. The molecule has 1 aromatic heterocycles. The van der Waals surface area contributed by atoms with Gasteiger partial charge in [0.05, 0.1) is 5.56 Å². The number of pyridine rings is 1. The third-order valence-corrected chi connectivity index (χ3v) is 5.39. The van der Waals surface area contributed by atoms with E-state index in [0.29, 0.717) is 37.9 Å². The van der Waals surface area contributed by atoms with Crippen LogP contribution in [-0.4, -0.2) is 48.1 Å².